The smallest absolute Gasteiger partial charge is 0.332 e. The fraction of sp³-hybridized carbons (Fsp3) is 0.514. The highest BCUT2D eigenvalue weighted by atomic mass is 32.1. The van der Waals surface area contributed by atoms with Gasteiger partial charge in [-0.2, -0.15) is 0 Å². The Morgan fingerprint density at radius 2 is 2.02 bits per heavy atom. The number of fused-ring (bicyclic) bond motifs is 3. The molecule has 4 atom stereocenters. The quantitative estimate of drug-likeness (QED) is 0.248. The first-order valence-electron chi connectivity index (χ1n) is 16.5. The third-order valence-electron chi connectivity index (χ3n) is 9.12. The van der Waals surface area contributed by atoms with E-state index in [0.29, 0.717) is 35.7 Å². The molecule has 0 bridgehead atoms. The predicted molar refractivity (Wildman–Crippen MR) is 180 cm³/mol. The molecule has 6 rings (SSSR count). The third-order valence-corrected chi connectivity index (χ3v) is 10.0. The van der Waals surface area contributed by atoms with Gasteiger partial charge in [-0.05, 0) is 50.7 Å². The minimum absolute atomic E-state index is 0.146. The van der Waals surface area contributed by atoms with E-state index in [4.69, 9.17) is 24.2 Å². The SMILES string of the molecule is CCOC(=O)[C@@]12C[C@@H]1/C=C\CCCCCNC(=O)N1C[C@H](Oc3cc(-c4nc(C(C)C)cs4)nc4cc(OC)ccc34)C[C@H]1C(=O)N2. The number of hydrogen-bond acceptors (Lipinski definition) is 9. The Labute approximate surface area is 279 Å². The summed E-state index contributed by atoms with van der Waals surface area (Å²) >= 11 is 1.53. The van der Waals surface area contributed by atoms with Gasteiger partial charge in [0.1, 0.15) is 39.9 Å². The molecule has 3 amide bonds. The lowest BCUT2D eigenvalue weighted by Gasteiger charge is -2.26. The van der Waals surface area contributed by atoms with Crippen LogP contribution in [0.1, 0.15) is 70.9 Å². The van der Waals surface area contributed by atoms with E-state index in [9.17, 15) is 14.4 Å². The van der Waals surface area contributed by atoms with Crippen LogP contribution in [0, 0.1) is 5.92 Å². The first kappa shape index (κ1) is 32.7. The molecule has 1 aliphatic carbocycles. The lowest BCUT2D eigenvalue weighted by Crippen LogP contribution is -2.54. The molecule has 12 heteroatoms. The van der Waals surface area contributed by atoms with E-state index < -0.39 is 23.7 Å². The summed E-state index contributed by atoms with van der Waals surface area (Å²) in [5.41, 5.74) is 1.23. The van der Waals surface area contributed by atoms with Gasteiger partial charge in [0.25, 0.3) is 0 Å². The summed E-state index contributed by atoms with van der Waals surface area (Å²) < 4.78 is 17.5. The Bertz CT molecular complexity index is 1670. The van der Waals surface area contributed by atoms with Crippen LogP contribution in [0.2, 0.25) is 0 Å². The number of esters is 1. The molecule has 2 aliphatic heterocycles. The maximum Gasteiger partial charge on any atom is 0.332 e. The van der Waals surface area contributed by atoms with E-state index in [-0.39, 0.29) is 43.3 Å². The molecule has 4 heterocycles. The van der Waals surface area contributed by atoms with Gasteiger partial charge < -0.3 is 29.7 Å². The fourth-order valence-corrected chi connectivity index (χ4v) is 7.29. The largest absolute Gasteiger partial charge is 0.497 e. The monoisotopic (exact) mass is 661 g/mol. The lowest BCUT2D eigenvalue weighted by atomic mass is 10.1. The molecule has 1 saturated carbocycles. The number of hydrogen-bond donors (Lipinski definition) is 2. The van der Waals surface area contributed by atoms with Gasteiger partial charge in [0.05, 0.1) is 31.5 Å². The average Bonchev–Trinajstić information content (AvgIpc) is 3.37. The van der Waals surface area contributed by atoms with Gasteiger partial charge >= 0.3 is 12.0 Å². The molecule has 2 N–H and O–H groups in total. The number of allylic oxidation sites excluding steroid dienone is 1. The van der Waals surface area contributed by atoms with Crippen LogP contribution in [0.15, 0.2) is 41.8 Å². The molecule has 2 aromatic heterocycles. The van der Waals surface area contributed by atoms with Crippen LogP contribution in [0.25, 0.3) is 21.6 Å². The van der Waals surface area contributed by atoms with Gasteiger partial charge in [-0.25, -0.2) is 19.6 Å². The van der Waals surface area contributed by atoms with E-state index in [1.165, 1.54) is 16.2 Å². The number of ether oxygens (including phenoxy) is 3. The van der Waals surface area contributed by atoms with Gasteiger partial charge in [-0.3, -0.25) is 4.79 Å². The third kappa shape index (κ3) is 6.93. The molecular weight excluding hydrogens is 618 g/mol. The molecule has 11 nitrogen and oxygen atoms in total. The number of pyridine rings is 1. The van der Waals surface area contributed by atoms with E-state index in [2.05, 4.69) is 30.6 Å². The van der Waals surface area contributed by atoms with Crippen molar-refractivity contribution in [2.75, 3.05) is 26.8 Å². The predicted octanol–water partition coefficient (Wildman–Crippen LogP) is 5.59. The Morgan fingerprint density at radius 1 is 1.17 bits per heavy atom. The maximum atomic E-state index is 14.0. The number of amides is 3. The summed E-state index contributed by atoms with van der Waals surface area (Å²) in [6.45, 7) is 6.89. The van der Waals surface area contributed by atoms with E-state index in [1.807, 2.05) is 35.7 Å². The second kappa shape index (κ2) is 13.9. The molecular formula is C35H43N5O6S. The second-order valence-corrected chi connectivity index (χ2v) is 13.6. The van der Waals surface area contributed by atoms with Crippen molar-refractivity contribution in [2.45, 2.75) is 82.9 Å². The normalized spacial score (nSPS) is 25.6. The van der Waals surface area contributed by atoms with Crippen LogP contribution in [0.5, 0.6) is 11.5 Å². The molecule has 0 radical (unpaired) electrons. The highest BCUT2D eigenvalue weighted by Crippen LogP contribution is 2.46. The minimum atomic E-state index is -1.12. The summed E-state index contributed by atoms with van der Waals surface area (Å²) in [7, 11) is 1.61. The molecule has 2 fully saturated rings. The van der Waals surface area contributed by atoms with Crippen LogP contribution in [-0.2, 0) is 14.3 Å². The molecule has 0 spiro atoms. The Balaban J connectivity index is 1.30. The highest BCUT2D eigenvalue weighted by Gasteiger charge is 2.62. The summed E-state index contributed by atoms with van der Waals surface area (Å²) in [4.78, 5) is 51.8. The zero-order valence-corrected chi connectivity index (χ0v) is 28.2. The van der Waals surface area contributed by atoms with E-state index in [1.54, 1.807) is 14.0 Å². The number of methoxy groups -OCH3 is 1. The number of benzene rings is 1. The fourth-order valence-electron chi connectivity index (χ4n) is 6.35. The number of carbonyl (C=O) groups excluding carboxylic acids is 3. The number of urea groups is 1. The number of nitrogens with zero attached hydrogens (tertiary/aromatic N) is 3. The Hall–Kier alpha value is -4.19. The second-order valence-electron chi connectivity index (χ2n) is 12.8. The number of nitrogens with one attached hydrogen (secondary N) is 2. The summed E-state index contributed by atoms with van der Waals surface area (Å²) in [5, 5.41) is 9.61. The zero-order valence-electron chi connectivity index (χ0n) is 27.4. The van der Waals surface area contributed by atoms with Crippen molar-refractivity contribution in [3.05, 3.63) is 47.5 Å². The van der Waals surface area contributed by atoms with Gasteiger partial charge in [0.2, 0.25) is 5.91 Å². The molecule has 1 saturated heterocycles. The zero-order chi connectivity index (χ0) is 33.1. The number of rotatable bonds is 7. The van der Waals surface area contributed by atoms with Crippen LogP contribution in [0.3, 0.4) is 0 Å². The number of thiazole rings is 1. The maximum absolute atomic E-state index is 14.0. The van der Waals surface area contributed by atoms with Crippen LogP contribution in [0.4, 0.5) is 4.79 Å². The molecule has 3 aliphatic rings. The molecule has 0 unspecified atom stereocenters. The first-order chi connectivity index (χ1) is 22.7. The molecule has 1 aromatic carbocycles. The standard InChI is InChI=1S/C35H43N5O6S/c1-5-45-33(42)35-18-22(35)11-9-7-6-8-10-14-36-34(43)40-19-24(16-29(40)31(41)39-35)46-30-17-27(32-38-28(20-47-32)21(2)3)37-26-15-23(44-4)12-13-25(26)30/h9,11-13,15,17,20-22,24,29H,5-8,10,14,16,18-19H2,1-4H3,(H,36,43)(H,39,41)/b11-9-/t22-,24+,29-,35+/m0/s1. The van der Waals surface area contributed by atoms with Gasteiger partial charge in [-0.15, -0.1) is 11.3 Å². The van der Waals surface area contributed by atoms with E-state index >= 15 is 0 Å². The van der Waals surface area contributed by atoms with Crippen LogP contribution < -0.4 is 20.1 Å². The van der Waals surface area contributed by atoms with Crippen molar-refractivity contribution in [1.82, 2.24) is 25.5 Å². The lowest BCUT2D eigenvalue weighted by molar-refractivity contribution is -0.149. The van der Waals surface area contributed by atoms with Crippen molar-refractivity contribution in [2.24, 2.45) is 5.92 Å². The average molecular weight is 662 g/mol. The molecule has 47 heavy (non-hydrogen) atoms. The number of carbonyl (C=O) groups is 3. The van der Waals surface area contributed by atoms with Crippen molar-refractivity contribution in [3.63, 3.8) is 0 Å². The van der Waals surface area contributed by atoms with Crippen LogP contribution >= 0.6 is 11.3 Å². The Kier molecular flexibility index (Phi) is 9.67. The van der Waals surface area contributed by atoms with Crippen molar-refractivity contribution < 1.29 is 28.6 Å². The summed E-state index contributed by atoms with van der Waals surface area (Å²) in [5.74, 6) is 0.550. The van der Waals surface area contributed by atoms with Crippen molar-refractivity contribution >= 4 is 40.1 Å². The van der Waals surface area contributed by atoms with Gasteiger partial charge in [0.15, 0.2) is 0 Å². The topological polar surface area (TPSA) is 132 Å². The van der Waals surface area contributed by atoms with Crippen molar-refractivity contribution in [1.29, 1.82) is 0 Å². The summed E-state index contributed by atoms with van der Waals surface area (Å²) in [6, 6.07) is 6.34. The molecule has 3 aromatic rings. The number of aromatic nitrogens is 2. The highest BCUT2D eigenvalue weighted by molar-refractivity contribution is 7.13. The Morgan fingerprint density at radius 3 is 2.79 bits per heavy atom. The minimum Gasteiger partial charge on any atom is -0.497 e. The summed E-state index contributed by atoms with van der Waals surface area (Å²) in [6.07, 6.45) is 7.99. The molecule has 250 valence electrons. The van der Waals surface area contributed by atoms with E-state index in [0.717, 1.165) is 41.8 Å². The van der Waals surface area contributed by atoms with Crippen LogP contribution in [-0.4, -0.2) is 77.3 Å². The van der Waals surface area contributed by atoms with Gasteiger partial charge in [0, 0.05) is 41.8 Å². The first-order valence-corrected chi connectivity index (χ1v) is 17.4. The van der Waals surface area contributed by atoms with Crippen molar-refractivity contribution in [3.8, 4) is 22.2 Å². The van der Waals surface area contributed by atoms with Gasteiger partial charge in [-0.1, -0.05) is 32.4 Å².